The fraction of sp³-hybridized carbons (Fsp3) is 0.400. The van der Waals surface area contributed by atoms with Crippen LogP contribution in [0.25, 0.3) is 11.0 Å². The van der Waals surface area contributed by atoms with Gasteiger partial charge in [0.05, 0.1) is 17.2 Å². The maximum absolute atomic E-state index is 12.1. The summed E-state index contributed by atoms with van der Waals surface area (Å²) >= 11 is 0. The van der Waals surface area contributed by atoms with Gasteiger partial charge in [-0.25, -0.2) is 9.78 Å². The maximum atomic E-state index is 12.1. The van der Waals surface area contributed by atoms with E-state index < -0.39 is 0 Å². The average Bonchev–Trinajstić information content (AvgIpc) is 2.49. The van der Waals surface area contributed by atoms with Gasteiger partial charge in [0.2, 0.25) is 0 Å². The van der Waals surface area contributed by atoms with E-state index in [-0.39, 0.29) is 17.8 Å². The second kappa shape index (κ2) is 5.54. The van der Waals surface area contributed by atoms with Crippen LogP contribution in [-0.4, -0.2) is 47.1 Å². The molecule has 0 N–H and O–H groups in total. The first-order valence-electron chi connectivity index (χ1n) is 6.84. The lowest BCUT2D eigenvalue weighted by Crippen LogP contribution is -2.35. The molecule has 20 heavy (non-hydrogen) atoms. The highest BCUT2D eigenvalue weighted by molar-refractivity contribution is 5.89. The molecule has 3 rings (SSSR count). The number of para-hydroxylation sites is 2. The SMILES string of the molecule is CN1CCC(OC(=O)c2cnc3ccccc3n2)CC1. The molecule has 0 atom stereocenters. The Morgan fingerprint density at radius 2 is 1.95 bits per heavy atom. The Hall–Kier alpha value is -2.01. The van der Waals surface area contributed by atoms with Gasteiger partial charge in [0, 0.05) is 13.1 Å². The first kappa shape index (κ1) is 13.0. The monoisotopic (exact) mass is 271 g/mol. The van der Waals surface area contributed by atoms with Crippen LogP contribution in [0.3, 0.4) is 0 Å². The fourth-order valence-corrected chi connectivity index (χ4v) is 2.37. The molecule has 0 bridgehead atoms. The Labute approximate surface area is 117 Å². The van der Waals surface area contributed by atoms with Gasteiger partial charge in [-0.2, -0.15) is 0 Å². The van der Waals surface area contributed by atoms with Crippen LogP contribution in [0.2, 0.25) is 0 Å². The quantitative estimate of drug-likeness (QED) is 0.781. The number of esters is 1. The first-order chi connectivity index (χ1) is 9.72. The van der Waals surface area contributed by atoms with E-state index in [1.165, 1.54) is 6.20 Å². The molecule has 5 nitrogen and oxygen atoms in total. The molecule has 0 radical (unpaired) electrons. The van der Waals surface area contributed by atoms with Crippen molar-refractivity contribution in [2.45, 2.75) is 18.9 Å². The largest absolute Gasteiger partial charge is 0.458 e. The molecular formula is C15H17N3O2. The molecule has 0 aliphatic carbocycles. The third kappa shape index (κ3) is 2.77. The topological polar surface area (TPSA) is 55.3 Å². The second-order valence-electron chi connectivity index (χ2n) is 5.15. The fourth-order valence-electron chi connectivity index (χ4n) is 2.37. The molecule has 0 amide bonds. The molecule has 104 valence electrons. The van der Waals surface area contributed by atoms with Gasteiger partial charge in [-0.1, -0.05) is 12.1 Å². The van der Waals surface area contributed by atoms with Crippen LogP contribution < -0.4 is 0 Å². The Bertz CT molecular complexity index is 621. The van der Waals surface area contributed by atoms with Gasteiger partial charge in [0.1, 0.15) is 6.10 Å². The number of nitrogens with zero attached hydrogens (tertiary/aromatic N) is 3. The number of likely N-dealkylation sites (tertiary alicyclic amines) is 1. The van der Waals surface area contributed by atoms with Crippen LogP contribution in [0, 0.1) is 0 Å². The highest BCUT2D eigenvalue weighted by Crippen LogP contribution is 2.15. The zero-order valence-corrected chi connectivity index (χ0v) is 11.5. The summed E-state index contributed by atoms with van der Waals surface area (Å²) in [4.78, 5) is 22.9. The van der Waals surface area contributed by atoms with Gasteiger partial charge >= 0.3 is 5.97 Å². The molecule has 1 aromatic heterocycles. The zero-order chi connectivity index (χ0) is 13.9. The number of carbonyl (C=O) groups excluding carboxylic acids is 1. The lowest BCUT2D eigenvalue weighted by molar-refractivity contribution is 0.0133. The maximum Gasteiger partial charge on any atom is 0.358 e. The highest BCUT2D eigenvalue weighted by atomic mass is 16.5. The van der Waals surface area contributed by atoms with Crippen molar-refractivity contribution in [3.05, 3.63) is 36.2 Å². The van der Waals surface area contributed by atoms with Gasteiger partial charge in [0.25, 0.3) is 0 Å². The molecular weight excluding hydrogens is 254 g/mol. The number of fused-ring (bicyclic) bond motifs is 1. The summed E-state index contributed by atoms with van der Waals surface area (Å²) in [5.74, 6) is -0.377. The summed E-state index contributed by atoms with van der Waals surface area (Å²) in [6.07, 6.45) is 3.23. The number of ether oxygens (including phenoxy) is 1. The number of benzene rings is 1. The van der Waals surface area contributed by atoms with Crippen molar-refractivity contribution in [3.8, 4) is 0 Å². The van der Waals surface area contributed by atoms with Crippen LogP contribution in [-0.2, 0) is 4.74 Å². The number of hydrogen-bond acceptors (Lipinski definition) is 5. The average molecular weight is 271 g/mol. The van der Waals surface area contributed by atoms with E-state index in [0.29, 0.717) is 5.52 Å². The van der Waals surface area contributed by atoms with Crippen molar-refractivity contribution in [1.29, 1.82) is 0 Å². The standard InChI is InChI=1S/C15H17N3O2/c1-18-8-6-11(7-9-18)20-15(19)14-10-16-12-4-2-3-5-13(12)17-14/h2-5,10-11H,6-9H2,1H3. The Kier molecular flexibility index (Phi) is 3.60. The van der Waals surface area contributed by atoms with Crippen molar-refractivity contribution in [2.75, 3.05) is 20.1 Å². The van der Waals surface area contributed by atoms with Crippen LogP contribution in [0.5, 0.6) is 0 Å². The molecule has 5 heteroatoms. The zero-order valence-electron chi connectivity index (χ0n) is 11.5. The Morgan fingerprint density at radius 3 is 2.70 bits per heavy atom. The van der Waals surface area contributed by atoms with Crippen LogP contribution in [0.4, 0.5) is 0 Å². The minimum absolute atomic E-state index is 0.00743. The van der Waals surface area contributed by atoms with Gasteiger partial charge in [-0.3, -0.25) is 4.98 Å². The third-order valence-corrected chi connectivity index (χ3v) is 3.60. The minimum atomic E-state index is -0.377. The Balaban J connectivity index is 1.72. The van der Waals surface area contributed by atoms with Crippen molar-refractivity contribution in [3.63, 3.8) is 0 Å². The second-order valence-corrected chi connectivity index (χ2v) is 5.15. The molecule has 1 aliphatic heterocycles. The minimum Gasteiger partial charge on any atom is -0.458 e. The van der Waals surface area contributed by atoms with E-state index >= 15 is 0 Å². The number of piperidine rings is 1. The van der Waals surface area contributed by atoms with E-state index in [1.54, 1.807) is 0 Å². The first-order valence-corrected chi connectivity index (χ1v) is 6.84. The van der Waals surface area contributed by atoms with Gasteiger partial charge in [0.15, 0.2) is 5.69 Å². The molecule has 1 aliphatic rings. The molecule has 2 aromatic rings. The van der Waals surface area contributed by atoms with Crippen molar-refractivity contribution >= 4 is 17.0 Å². The molecule has 0 spiro atoms. The third-order valence-electron chi connectivity index (χ3n) is 3.60. The summed E-state index contributed by atoms with van der Waals surface area (Å²) < 4.78 is 5.51. The lowest BCUT2D eigenvalue weighted by atomic mass is 10.1. The van der Waals surface area contributed by atoms with E-state index in [1.807, 2.05) is 24.3 Å². The van der Waals surface area contributed by atoms with E-state index in [0.717, 1.165) is 31.4 Å². The molecule has 0 unspecified atom stereocenters. The van der Waals surface area contributed by atoms with Crippen molar-refractivity contribution < 1.29 is 9.53 Å². The summed E-state index contributed by atoms with van der Waals surface area (Å²) in [5.41, 5.74) is 1.77. The molecule has 0 saturated carbocycles. The molecule has 1 saturated heterocycles. The van der Waals surface area contributed by atoms with Gasteiger partial charge in [-0.15, -0.1) is 0 Å². The Morgan fingerprint density at radius 1 is 1.25 bits per heavy atom. The highest BCUT2D eigenvalue weighted by Gasteiger charge is 2.21. The van der Waals surface area contributed by atoms with Crippen LogP contribution in [0.15, 0.2) is 30.5 Å². The smallest absolute Gasteiger partial charge is 0.358 e. The predicted octanol–water partition coefficient (Wildman–Crippen LogP) is 1.88. The van der Waals surface area contributed by atoms with E-state index in [2.05, 4.69) is 21.9 Å². The summed E-state index contributed by atoms with van der Waals surface area (Å²) in [6.45, 7) is 1.92. The number of hydrogen-bond donors (Lipinski definition) is 0. The van der Waals surface area contributed by atoms with Gasteiger partial charge < -0.3 is 9.64 Å². The summed E-state index contributed by atoms with van der Waals surface area (Å²) in [7, 11) is 2.08. The molecule has 1 fully saturated rings. The predicted molar refractivity (Wildman–Crippen MR) is 75.5 cm³/mol. The number of carbonyl (C=O) groups is 1. The normalized spacial score (nSPS) is 17.2. The van der Waals surface area contributed by atoms with Crippen molar-refractivity contribution in [1.82, 2.24) is 14.9 Å². The summed E-state index contributed by atoms with van der Waals surface area (Å²) in [5, 5.41) is 0. The van der Waals surface area contributed by atoms with E-state index in [4.69, 9.17) is 4.74 Å². The van der Waals surface area contributed by atoms with Crippen LogP contribution in [0.1, 0.15) is 23.3 Å². The number of aromatic nitrogens is 2. The van der Waals surface area contributed by atoms with Crippen LogP contribution >= 0.6 is 0 Å². The summed E-state index contributed by atoms with van der Waals surface area (Å²) in [6, 6.07) is 7.49. The van der Waals surface area contributed by atoms with Crippen molar-refractivity contribution in [2.24, 2.45) is 0 Å². The molecule has 2 heterocycles. The molecule has 1 aromatic carbocycles. The van der Waals surface area contributed by atoms with Gasteiger partial charge in [-0.05, 0) is 32.0 Å². The number of rotatable bonds is 2. The van der Waals surface area contributed by atoms with E-state index in [9.17, 15) is 4.79 Å². The lowest BCUT2D eigenvalue weighted by Gasteiger charge is -2.28.